The van der Waals surface area contributed by atoms with Gasteiger partial charge in [-0.2, -0.15) is 0 Å². The van der Waals surface area contributed by atoms with Gasteiger partial charge in [0, 0.05) is 24.3 Å². The minimum atomic E-state index is 0.531. The molecule has 0 aliphatic rings. The van der Waals surface area contributed by atoms with Crippen molar-refractivity contribution in [3.05, 3.63) is 29.8 Å². The monoisotopic (exact) mass is 234 g/mol. The van der Waals surface area contributed by atoms with Crippen molar-refractivity contribution in [2.75, 3.05) is 4.90 Å². The molecular formula is C15H26N2. The molecular weight excluding hydrogens is 208 g/mol. The van der Waals surface area contributed by atoms with Gasteiger partial charge in [0.15, 0.2) is 0 Å². The Bertz CT molecular complexity index is 312. The van der Waals surface area contributed by atoms with E-state index in [0.29, 0.717) is 18.6 Å². The van der Waals surface area contributed by atoms with Crippen LogP contribution in [0.5, 0.6) is 0 Å². The van der Waals surface area contributed by atoms with Crippen LogP contribution in [0.3, 0.4) is 0 Å². The highest BCUT2D eigenvalue weighted by molar-refractivity contribution is 5.49. The Morgan fingerprint density at radius 1 is 1.06 bits per heavy atom. The first-order valence-electron chi connectivity index (χ1n) is 6.71. The average molecular weight is 234 g/mol. The summed E-state index contributed by atoms with van der Waals surface area (Å²) in [6.45, 7) is 9.66. The standard InChI is InChI=1S/C15H26N2/c1-5-14(6-2)17(12(3)4)15-9-7-13(11-16)8-10-15/h7-10,12,14H,5-6,11,16H2,1-4H3. The van der Waals surface area contributed by atoms with Crippen LogP contribution >= 0.6 is 0 Å². The highest BCUT2D eigenvalue weighted by Crippen LogP contribution is 2.23. The molecule has 17 heavy (non-hydrogen) atoms. The number of nitrogens with two attached hydrogens (primary N) is 1. The molecule has 0 saturated carbocycles. The van der Waals surface area contributed by atoms with Gasteiger partial charge in [-0.25, -0.2) is 0 Å². The Morgan fingerprint density at radius 2 is 1.59 bits per heavy atom. The van der Waals surface area contributed by atoms with Gasteiger partial charge in [-0.15, -0.1) is 0 Å². The number of rotatable bonds is 6. The van der Waals surface area contributed by atoms with Crippen molar-refractivity contribution in [1.29, 1.82) is 0 Å². The van der Waals surface area contributed by atoms with Gasteiger partial charge in [-0.05, 0) is 44.4 Å². The molecule has 1 aromatic carbocycles. The fourth-order valence-corrected chi connectivity index (χ4v) is 2.42. The third-order valence-corrected chi connectivity index (χ3v) is 3.36. The van der Waals surface area contributed by atoms with E-state index in [2.05, 4.69) is 56.9 Å². The molecule has 96 valence electrons. The molecule has 2 heteroatoms. The highest BCUT2D eigenvalue weighted by atomic mass is 15.2. The lowest BCUT2D eigenvalue weighted by molar-refractivity contribution is 0.516. The first kappa shape index (κ1) is 14.0. The van der Waals surface area contributed by atoms with Gasteiger partial charge in [0.2, 0.25) is 0 Å². The second kappa shape index (κ2) is 6.65. The second-order valence-electron chi connectivity index (χ2n) is 4.84. The molecule has 0 aliphatic carbocycles. The summed E-state index contributed by atoms with van der Waals surface area (Å²) in [4.78, 5) is 2.51. The van der Waals surface area contributed by atoms with Crippen LogP contribution < -0.4 is 10.6 Å². The summed E-state index contributed by atoms with van der Waals surface area (Å²) in [6, 6.07) is 9.81. The average Bonchev–Trinajstić information content (AvgIpc) is 2.35. The highest BCUT2D eigenvalue weighted by Gasteiger charge is 2.18. The predicted molar refractivity (Wildman–Crippen MR) is 76.3 cm³/mol. The summed E-state index contributed by atoms with van der Waals surface area (Å²) in [7, 11) is 0. The van der Waals surface area contributed by atoms with Crippen LogP contribution in [0.25, 0.3) is 0 Å². The van der Waals surface area contributed by atoms with Crippen LogP contribution in [-0.2, 0) is 6.54 Å². The van der Waals surface area contributed by atoms with E-state index < -0.39 is 0 Å². The molecule has 1 aromatic rings. The SMILES string of the molecule is CCC(CC)N(c1ccc(CN)cc1)C(C)C. The number of nitrogens with zero attached hydrogens (tertiary/aromatic N) is 1. The van der Waals surface area contributed by atoms with Crippen molar-refractivity contribution >= 4 is 5.69 Å². The molecule has 0 bridgehead atoms. The van der Waals surface area contributed by atoms with Gasteiger partial charge in [0.05, 0.1) is 0 Å². The lowest BCUT2D eigenvalue weighted by atomic mass is 10.1. The molecule has 0 heterocycles. The smallest absolute Gasteiger partial charge is 0.0371 e. The topological polar surface area (TPSA) is 29.3 Å². The zero-order chi connectivity index (χ0) is 12.8. The molecule has 0 aromatic heterocycles. The Balaban J connectivity index is 2.96. The molecule has 1 rings (SSSR count). The molecule has 2 nitrogen and oxygen atoms in total. The van der Waals surface area contributed by atoms with Gasteiger partial charge in [0.1, 0.15) is 0 Å². The Kier molecular flexibility index (Phi) is 5.49. The molecule has 0 radical (unpaired) electrons. The Hall–Kier alpha value is -1.02. The van der Waals surface area contributed by atoms with E-state index >= 15 is 0 Å². The van der Waals surface area contributed by atoms with Gasteiger partial charge >= 0.3 is 0 Å². The fraction of sp³-hybridized carbons (Fsp3) is 0.600. The zero-order valence-electron chi connectivity index (χ0n) is 11.6. The van der Waals surface area contributed by atoms with Crippen LogP contribution in [0, 0.1) is 0 Å². The quantitative estimate of drug-likeness (QED) is 0.815. The van der Waals surface area contributed by atoms with Crippen LogP contribution in [0.15, 0.2) is 24.3 Å². The minimum absolute atomic E-state index is 0.531. The summed E-state index contributed by atoms with van der Waals surface area (Å²) in [5.74, 6) is 0. The van der Waals surface area contributed by atoms with E-state index in [9.17, 15) is 0 Å². The molecule has 0 amide bonds. The van der Waals surface area contributed by atoms with Gasteiger partial charge in [0.25, 0.3) is 0 Å². The summed E-state index contributed by atoms with van der Waals surface area (Å²) in [5, 5.41) is 0. The van der Waals surface area contributed by atoms with Crippen molar-refractivity contribution < 1.29 is 0 Å². The fourth-order valence-electron chi connectivity index (χ4n) is 2.42. The van der Waals surface area contributed by atoms with E-state index in [1.165, 1.54) is 24.1 Å². The largest absolute Gasteiger partial charge is 0.366 e. The third-order valence-electron chi connectivity index (χ3n) is 3.36. The molecule has 0 aliphatic heterocycles. The predicted octanol–water partition coefficient (Wildman–Crippen LogP) is 3.55. The summed E-state index contributed by atoms with van der Waals surface area (Å²) >= 11 is 0. The van der Waals surface area contributed by atoms with Crippen molar-refractivity contribution in [3.63, 3.8) is 0 Å². The summed E-state index contributed by atoms with van der Waals surface area (Å²) in [5.41, 5.74) is 8.14. The van der Waals surface area contributed by atoms with Crippen LogP contribution in [-0.4, -0.2) is 12.1 Å². The zero-order valence-corrected chi connectivity index (χ0v) is 11.6. The van der Waals surface area contributed by atoms with E-state index in [0.717, 1.165) is 0 Å². The Labute approximate surface area is 106 Å². The lowest BCUT2D eigenvalue weighted by Gasteiger charge is -2.36. The molecule has 0 spiro atoms. The van der Waals surface area contributed by atoms with Crippen molar-refractivity contribution in [2.45, 2.75) is 59.2 Å². The maximum atomic E-state index is 5.63. The second-order valence-corrected chi connectivity index (χ2v) is 4.84. The van der Waals surface area contributed by atoms with Crippen LogP contribution in [0.2, 0.25) is 0 Å². The number of hydrogen-bond acceptors (Lipinski definition) is 2. The lowest BCUT2D eigenvalue weighted by Crippen LogP contribution is -2.40. The van der Waals surface area contributed by atoms with Crippen LogP contribution in [0.4, 0.5) is 5.69 Å². The molecule has 2 N–H and O–H groups in total. The Morgan fingerprint density at radius 3 is 1.94 bits per heavy atom. The van der Waals surface area contributed by atoms with E-state index in [4.69, 9.17) is 5.73 Å². The molecule has 0 saturated heterocycles. The minimum Gasteiger partial charge on any atom is -0.366 e. The number of hydrogen-bond donors (Lipinski definition) is 1. The molecule has 0 fully saturated rings. The molecule has 0 unspecified atom stereocenters. The van der Waals surface area contributed by atoms with Gasteiger partial charge in [-0.3, -0.25) is 0 Å². The van der Waals surface area contributed by atoms with Crippen molar-refractivity contribution in [1.82, 2.24) is 0 Å². The first-order chi connectivity index (χ1) is 8.13. The number of anilines is 1. The molecule has 0 atom stereocenters. The first-order valence-corrected chi connectivity index (χ1v) is 6.71. The summed E-state index contributed by atoms with van der Waals surface area (Å²) in [6.07, 6.45) is 2.38. The summed E-state index contributed by atoms with van der Waals surface area (Å²) < 4.78 is 0. The van der Waals surface area contributed by atoms with Gasteiger partial charge in [-0.1, -0.05) is 26.0 Å². The maximum absolute atomic E-state index is 5.63. The van der Waals surface area contributed by atoms with E-state index in [1.54, 1.807) is 0 Å². The van der Waals surface area contributed by atoms with Crippen molar-refractivity contribution in [3.8, 4) is 0 Å². The van der Waals surface area contributed by atoms with E-state index in [1.807, 2.05) is 0 Å². The van der Waals surface area contributed by atoms with Gasteiger partial charge < -0.3 is 10.6 Å². The number of benzene rings is 1. The maximum Gasteiger partial charge on any atom is 0.0371 e. The van der Waals surface area contributed by atoms with Crippen molar-refractivity contribution in [2.24, 2.45) is 5.73 Å². The normalized spacial score (nSPS) is 11.2. The van der Waals surface area contributed by atoms with E-state index in [-0.39, 0.29) is 0 Å². The third kappa shape index (κ3) is 3.47. The van der Waals surface area contributed by atoms with Crippen LogP contribution in [0.1, 0.15) is 46.1 Å².